The highest BCUT2D eigenvalue weighted by atomic mass is 35.5. The molecule has 0 aromatic heterocycles. The summed E-state index contributed by atoms with van der Waals surface area (Å²) in [5, 5.41) is 5.46. The van der Waals surface area contributed by atoms with Gasteiger partial charge in [0.1, 0.15) is 0 Å². The Morgan fingerprint density at radius 3 is 2.24 bits per heavy atom. The van der Waals surface area contributed by atoms with E-state index in [1.807, 2.05) is 32.0 Å². The number of benzene rings is 1. The number of amides is 2. The summed E-state index contributed by atoms with van der Waals surface area (Å²) in [7, 11) is 0. The minimum absolute atomic E-state index is 0. The van der Waals surface area contributed by atoms with Gasteiger partial charge in [-0.1, -0.05) is 32.0 Å². The molecule has 1 aromatic rings. The summed E-state index contributed by atoms with van der Waals surface area (Å²) in [6.45, 7) is 4.80. The molecule has 0 saturated heterocycles. The summed E-state index contributed by atoms with van der Waals surface area (Å²) in [6.07, 6.45) is 0.655. The summed E-state index contributed by atoms with van der Waals surface area (Å²) >= 11 is 0. The number of carbonyl (C=O) groups is 2. The van der Waals surface area contributed by atoms with Crippen molar-refractivity contribution in [2.75, 3.05) is 13.1 Å². The lowest BCUT2D eigenvalue weighted by molar-refractivity contribution is -0.122. The van der Waals surface area contributed by atoms with Gasteiger partial charge in [-0.05, 0) is 24.5 Å². The van der Waals surface area contributed by atoms with E-state index in [0.29, 0.717) is 31.0 Å². The number of nitrogens with one attached hydrogen (secondary N) is 2. The van der Waals surface area contributed by atoms with Gasteiger partial charge in [-0.15, -0.1) is 12.4 Å². The van der Waals surface area contributed by atoms with Gasteiger partial charge < -0.3 is 16.4 Å². The van der Waals surface area contributed by atoms with Crippen LogP contribution in [-0.4, -0.2) is 30.9 Å². The van der Waals surface area contributed by atoms with E-state index in [4.69, 9.17) is 5.73 Å². The molecule has 21 heavy (non-hydrogen) atoms. The number of nitrogens with two attached hydrogens (primary N) is 1. The highest BCUT2D eigenvalue weighted by molar-refractivity contribution is 5.94. The van der Waals surface area contributed by atoms with E-state index in [1.165, 1.54) is 0 Å². The average Bonchev–Trinajstić information content (AvgIpc) is 2.43. The first-order valence-electron chi connectivity index (χ1n) is 6.87. The van der Waals surface area contributed by atoms with Gasteiger partial charge in [0.15, 0.2) is 0 Å². The predicted octanol–water partition coefficient (Wildman–Crippen LogP) is 1.33. The minimum Gasteiger partial charge on any atom is -0.353 e. The van der Waals surface area contributed by atoms with Crippen molar-refractivity contribution in [3.8, 4) is 0 Å². The highest BCUT2D eigenvalue weighted by Crippen LogP contribution is 2.02. The Kier molecular flexibility index (Phi) is 9.41. The Balaban J connectivity index is 0.00000400. The summed E-state index contributed by atoms with van der Waals surface area (Å²) in [5.41, 5.74) is 6.36. The summed E-state index contributed by atoms with van der Waals surface area (Å²) < 4.78 is 0. The zero-order chi connectivity index (χ0) is 15.0. The van der Waals surface area contributed by atoms with E-state index >= 15 is 0 Å². The molecule has 0 unspecified atom stereocenters. The normalized spacial score (nSPS) is 11.4. The number of hydrogen-bond donors (Lipinski definition) is 3. The Hall–Kier alpha value is -1.59. The van der Waals surface area contributed by atoms with Crippen molar-refractivity contribution in [3.05, 3.63) is 35.9 Å². The summed E-state index contributed by atoms with van der Waals surface area (Å²) in [5.74, 6) is 0.0625. The van der Waals surface area contributed by atoms with Gasteiger partial charge in [-0.3, -0.25) is 9.59 Å². The third-order valence-corrected chi connectivity index (χ3v) is 2.81. The largest absolute Gasteiger partial charge is 0.353 e. The molecule has 118 valence electrons. The second-order valence-corrected chi connectivity index (χ2v) is 5.15. The van der Waals surface area contributed by atoms with Crippen molar-refractivity contribution in [2.24, 2.45) is 11.7 Å². The Morgan fingerprint density at radius 2 is 1.67 bits per heavy atom. The molecule has 5 nitrogen and oxygen atoms in total. The number of hydrogen-bond acceptors (Lipinski definition) is 3. The van der Waals surface area contributed by atoms with Crippen molar-refractivity contribution in [1.29, 1.82) is 0 Å². The van der Waals surface area contributed by atoms with Crippen LogP contribution in [0.25, 0.3) is 0 Å². The van der Waals surface area contributed by atoms with Crippen molar-refractivity contribution < 1.29 is 9.59 Å². The molecule has 0 bridgehead atoms. The second-order valence-electron chi connectivity index (χ2n) is 5.15. The van der Waals surface area contributed by atoms with Gasteiger partial charge >= 0.3 is 0 Å². The van der Waals surface area contributed by atoms with E-state index in [0.717, 1.165) is 0 Å². The zero-order valence-corrected chi connectivity index (χ0v) is 13.3. The smallest absolute Gasteiger partial charge is 0.251 e. The van der Waals surface area contributed by atoms with Gasteiger partial charge in [-0.2, -0.15) is 0 Å². The fourth-order valence-electron chi connectivity index (χ4n) is 1.80. The molecular formula is C15H24ClN3O2. The van der Waals surface area contributed by atoms with E-state index in [1.54, 1.807) is 12.1 Å². The lowest BCUT2D eigenvalue weighted by Gasteiger charge is -2.14. The lowest BCUT2D eigenvalue weighted by Crippen LogP contribution is -2.44. The van der Waals surface area contributed by atoms with Crippen LogP contribution in [0.4, 0.5) is 0 Å². The monoisotopic (exact) mass is 313 g/mol. The molecular weight excluding hydrogens is 290 g/mol. The molecule has 0 aliphatic heterocycles. The van der Waals surface area contributed by atoms with E-state index in [-0.39, 0.29) is 24.2 Å². The molecule has 0 saturated carbocycles. The van der Waals surface area contributed by atoms with Gasteiger partial charge in [0.2, 0.25) is 5.91 Å². The highest BCUT2D eigenvalue weighted by Gasteiger charge is 2.14. The fraction of sp³-hybridized carbons (Fsp3) is 0.467. The predicted molar refractivity (Wildman–Crippen MR) is 86.5 cm³/mol. The maximum Gasteiger partial charge on any atom is 0.251 e. The Morgan fingerprint density at radius 1 is 1.10 bits per heavy atom. The third-order valence-electron chi connectivity index (χ3n) is 2.81. The van der Waals surface area contributed by atoms with Crippen molar-refractivity contribution >= 4 is 24.2 Å². The van der Waals surface area contributed by atoms with E-state index in [9.17, 15) is 9.59 Å². The number of carbonyl (C=O) groups excluding carboxylic acids is 2. The molecule has 0 spiro atoms. The van der Waals surface area contributed by atoms with Crippen LogP contribution in [0.1, 0.15) is 30.6 Å². The molecule has 6 heteroatoms. The van der Waals surface area contributed by atoms with Crippen molar-refractivity contribution in [3.63, 3.8) is 0 Å². The zero-order valence-electron chi connectivity index (χ0n) is 12.5. The van der Waals surface area contributed by atoms with Crippen LogP contribution >= 0.6 is 12.4 Å². The standard InChI is InChI=1S/C15H23N3O2.ClH/c1-11(2)10-13(16)15(20)18-9-8-17-14(19)12-6-4-3-5-7-12;/h3-7,11,13H,8-10,16H2,1-2H3,(H,17,19)(H,18,20);1H/t13-;/m0./s1. The molecule has 0 aliphatic carbocycles. The molecule has 4 N–H and O–H groups in total. The first kappa shape index (κ1) is 19.4. The first-order valence-corrected chi connectivity index (χ1v) is 6.87. The topological polar surface area (TPSA) is 84.2 Å². The van der Waals surface area contributed by atoms with Crippen LogP contribution < -0.4 is 16.4 Å². The Bertz CT molecular complexity index is 438. The molecule has 1 atom stereocenters. The molecule has 0 radical (unpaired) electrons. The van der Waals surface area contributed by atoms with Crippen LogP contribution in [0.5, 0.6) is 0 Å². The Labute approximate surface area is 132 Å². The third kappa shape index (κ3) is 7.68. The number of rotatable bonds is 7. The van der Waals surface area contributed by atoms with Crippen LogP contribution in [0.15, 0.2) is 30.3 Å². The summed E-state index contributed by atoms with van der Waals surface area (Å²) in [4.78, 5) is 23.4. The second kappa shape index (κ2) is 10.2. The maximum absolute atomic E-state index is 11.7. The van der Waals surface area contributed by atoms with Gasteiger partial charge in [-0.25, -0.2) is 0 Å². The van der Waals surface area contributed by atoms with Crippen molar-refractivity contribution in [2.45, 2.75) is 26.3 Å². The number of halogens is 1. The van der Waals surface area contributed by atoms with Crippen LogP contribution in [0.2, 0.25) is 0 Å². The minimum atomic E-state index is -0.486. The molecule has 1 rings (SSSR count). The van der Waals surface area contributed by atoms with Crippen LogP contribution in [0, 0.1) is 5.92 Å². The lowest BCUT2D eigenvalue weighted by atomic mass is 10.0. The van der Waals surface area contributed by atoms with E-state index in [2.05, 4.69) is 10.6 Å². The quantitative estimate of drug-likeness (QED) is 0.664. The van der Waals surface area contributed by atoms with Gasteiger partial charge in [0, 0.05) is 18.7 Å². The first-order chi connectivity index (χ1) is 9.50. The van der Waals surface area contributed by atoms with Crippen molar-refractivity contribution in [1.82, 2.24) is 10.6 Å². The van der Waals surface area contributed by atoms with E-state index < -0.39 is 6.04 Å². The molecule has 0 fully saturated rings. The summed E-state index contributed by atoms with van der Waals surface area (Å²) in [6, 6.07) is 8.47. The van der Waals surface area contributed by atoms with Gasteiger partial charge in [0.05, 0.1) is 6.04 Å². The van der Waals surface area contributed by atoms with Crippen LogP contribution in [-0.2, 0) is 4.79 Å². The average molecular weight is 314 g/mol. The maximum atomic E-state index is 11.7. The molecule has 0 aliphatic rings. The molecule has 0 heterocycles. The molecule has 2 amide bonds. The SMILES string of the molecule is CC(C)C[C@H](N)C(=O)NCCNC(=O)c1ccccc1.Cl. The van der Waals surface area contributed by atoms with Crippen LogP contribution in [0.3, 0.4) is 0 Å². The molecule has 1 aromatic carbocycles. The fourth-order valence-corrected chi connectivity index (χ4v) is 1.80. The van der Waals surface area contributed by atoms with Gasteiger partial charge in [0.25, 0.3) is 5.91 Å².